The van der Waals surface area contributed by atoms with E-state index in [-0.39, 0.29) is 17.2 Å². The Morgan fingerprint density at radius 2 is 2.00 bits per heavy atom. The summed E-state index contributed by atoms with van der Waals surface area (Å²) in [6.07, 6.45) is 0. The summed E-state index contributed by atoms with van der Waals surface area (Å²) in [5.41, 5.74) is 2.66. The van der Waals surface area contributed by atoms with E-state index >= 15 is 0 Å². The third-order valence-electron chi connectivity index (χ3n) is 4.04. The zero-order valence-corrected chi connectivity index (χ0v) is 16.6. The summed E-state index contributed by atoms with van der Waals surface area (Å²) >= 11 is 2.68. The largest absolute Gasteiger partial charge is 0.325 e. The van der Waals surface area contributed by atoms with E-state index in [2.05, 4.69) is 24.1 Å². The smallest absolute Gasteiger partial charge is 0.272 e. The molecule has 0 aliphatic heterocycles. The van der Waals surface area contributed by atoms with Crippen LogP contribution in [0.4, 0.5) is 5.69 Å². The maximum Gasteiger partial charge on any atom is 0.272 e. The minimum atomic E-state index is -0.116. The standard InChI is InChI=1S/C19H21N3O2S2/c1-4-22-18(24)17-15(9-10-25-17)21-19(22)26-11-16(23)20-14-7-5-13(6-8-14)12(2)3/h5-10,12H,4,11H2,1-3H3,(H,20,23). The molecule has 3 aromatic rings. The monoisotopic (exact) mass is 387 g/mol. The highest BCUT2D eigenvalue weighted by atomic mass is 32.2. The summed E-state index contributed by atoms with van der Waals surface area (Å²) in [7, 11) is 0. The Bertz CT molecular complexity index is 975. The number of benzene rings is 1. The summed E-state index contributed by atoms with van der Waals surface area (Å²) in [6.45, 7) is 6.70. The molecular weight excluding hydrogens is 366 g/mol. The molecule has 0 unspecified atom stereocenters. The maximum atomic E-state index is 12.5. The first-order valence-electron chi connectivity index (χ1n) is 8.50. The van der Waals surface area contributed by atoms with Crippen LogP contribution in [0.3, 0.4) is 0 Å². The molecule has 0 saturated heterocycles. The van der Waals surface area contributed by atoms with E-state index in [1.165, 1.54) is 28.7 Å². The van der Waals surface area contributed by atoms with Crippen molar-refractivity contribution in [3.05, 3.63) is 51.6 Å². The predicted octanol–water partition coefficient (Wildman–Crippen LogP) is 4.33. The normalized spacial score (nSPS) is 11.2. The van der Waals surface area contributed by atoms with E-state index in [0.717, 1.165) is 5.69 Å². The van der Waals surface area contributed by atoms with E-state index in [9.17, 15) is 9.59 Å². The first-order valence-corrected chi connectivity index (χ1v) is 10.4. The molecule has 1 N–H and O–H groups in total. The van der Waals surface area contributed by atoms with E-state index in [4.69, 9.17) is 0 Å². The van der Waals surface area contributed by atoms with Gasteiger partial charge >= 0.3 is 0 Å². The van der Waals surface area contributed by atoms with Crippen molar-refractivity contribution in [1.82, 2.24) is 9.55 Å². The number of hydrogen-bond acceptors (Lipinski definition) is 5. The molecule has 136 valence electrons. The molecular formula is C19H21N3O2S2. The van der Waals surface area contributed by atoms with Crippen LogP contribution in [0.2, 0.25) is 0 Å². The minimum absolute atomic E-state index is 0.0420. The number of nitrogens with zero attached hydrogens (tertiary/aromatic N) is 2. The van der Waals surface area contributed by atoms with Crippen LogP contribution in [0.5, 0.6) is 0 Å². The second-order valence-electron chi connectivity index (χ2n) is 6.19. The van der Waals surface area contributed by atoms with E-state index < -0.39 is 0 Å². The fourth-order valence-electron chi connectivity index (χ4n) is 2.59. The first kappa shape index (κ1) is 18.7. The summed E-state index contributed by atoms with van der Waals surface area (Å²) < 4.78 is 2.28. The van der Waals surface area contributed by atoms with Crippen molar-refractivity contribution in [2.45, 2.75) is 38.4 Å². The molecule has 1 aromatic carbocycles. The molecule has 0 radical (unpaired) electrons. The second-order valence-corrected chi connectivity index (χ2v) is 8.05. The number of thioether (sulfide) groups is 1. The van der Waals surface area contributed by atoms with Gasteiger partial charge in [0.1, 0.15) is 4.70 Å². The lowest BCUT2D eigenvalue weighted by atomic mass is 10.0. The molecule has 2 aromatic heterocycles. The van der Waals surface area contributed by atoms with Crippen molar-refractivity contribution in [1.29, 1.82) is 0 Å². The van der Waals surface area contributed by atoms with Crippen LogP contribution in [0.25, 0.3) is 10.2 Å². The molecule has 0 spiro atoms. The molecule has 0 aliphatic carbocycles. The fourth-order valence-corrected chi connectivity index (χ4v) is 4.23. The Labute approximate surface area is 160 Å². The molecule has 0 atom stereocenters. The molecule has 0 aliphatic rings. The average Bonchev–Trinajstić information content (AvgIpc) is 3.09. The fraction of sp³-hybridized carbons (Fsp3) is 0.316. The first-order chi connectivity index (χ1) is 12.5. The molecule has 26 heavy (non-hydrogen) atoms. The molecule has 0 fully saturated rings. The van der Waals surface area contributed by atoms with Crippen LogP contribution in [-0.4, -0.2) is 21.2 Å². The van der Waals surface area contributed by atoms with Crippen molar-refractivity contribution in [3.8, 4) is 0 Å². The number of hydrogen-bond donors (Lipinski definition) is 1. The number of fused-ring (bicyclic) bond motifs is 1. The summed E-state index contributed by atoms with van der Waals surface area (Å²) in [6, 6.07) is 9.70. The molecule has 5 nitrogen and oxygen atoms in total. The highest BCUT2D eigenvalue weighted by Crippen LogP contribution is 2.21. The number of thiophene rings is 1. The highest BCUT2D eigenvalue weighted by molar-refractivity contribution is 7.99. The zero-order valence-electron chi connectivity index (χ0n) is 15.0. The predicted molar refractivity (Wildman–Crippen MR) is 109 cm³/mol. The van der Waals surface area contributed by atoms with Crippen molar-refractivity contribution in [2.24, 2.45) is 0 Å². The van der Waals surface area contributed by atoms with Gasteiger partial charge in [-0.1, -0.05) is 37.7 Å². The third-order valence-corrected chi connectivity index (χ3v) is 5.91. The summed E-state index contributed by atoms with van der Waals surface area (Å²) in [5.74, 6) is 0.544. The average molecular weight is 388 g/mol. The topological polar surface area (TPSA) is 64.0 Å². The Morgan fingerprint density at radius 3 is 2.65 bits per heavy atom. The molecule has 3 rings (SSSR count). The lowest BCUT2D eigenvalue weighted by molar-refractivity contribution is -0.113. The number of nitrogens with one attached hydrogen (secondary N) is 1. The third kappa shape index (κ3) is 3.99. The lowest BCUT2D eigenvalue weighted by Gasteiger charge is -2.10. The molecule has 7 heteroatoms. The van der Waals surface area contributed by atoms with E-state index in [1.54, 1.807) is 4.57 Å². The van der Waals surface area contributed by atoms with Crippen molar-refractivity contribution >= 4 is 44.9 Å². The Kier molecular flexibility index (Phi) is 5.78. The Hall–Kier alpha value is -2.12. The van der Waals surface area contributed by atoms with Gasteiger partial charge in [-0.2, -0.15) is 0 Å². The van der Waals surface area contributed by atoms with Gasteiger partial charge in [-0.15, -0.1) is 11.3 Å². The number of anilines is 1. The van der Waals surface area contributed by atoms with Crippen molar-refractivity contribution in [2.75, 3.05) is 11.1 Å². The molecule has 1 amide bonds. The van der Waals surface area contributed by atoms with Gasteiger partial charge in [-0.25, -0.2) is 4.98 Å². The van der Waals surface area contributed by atoms with Crippen LogP contribution in [-0.2, 0) is 11.3 Å². The zero-order chi connectivity index (χ0) is 18.7. The van der Waals surface area contributed by atoms with Crippen LogP contribution < -0.4 is 10.9 Å². The van der Waals surface area contributed by atoms with Crippen LogP contribution in [0, 0.1) is 0 Å². The van der Waals surface area contributed by atoms with Gasteiger partial charge in [0, 0.05) is 12.2 Å². The molecule has 0 bridgehead atoms. The van der Waals surface area contributed by atoms with E-state index in [0.29, 0.717) is 27.8 Å². The minimum Gasteiger partial charge on any atom is -0.325 e. The van der Waals surface area contributed by atoms with Crippen molar-refractivity contribution in [3.63, 3.8) is 0 Å². The SMILES string of the molecule is CCn1c(SCC(=O)Nc2ccc(C(C)C)cc2)nc2ccsc2c1=O. The van der Waals surface area contributed by atoms with Crippen LogP contribution in [0.15, 0.2) is 45.7 Å². The highest BCUT2D eigenvalue weighted by Gasteiger charge is 2.13. The maximum absolute atomic E-state index is 12.5. The van der Waals surface area contributed by atoms with Gasteiger partial charge in [0.2, 0.25) is 5.91 Å². The number of carbonyl (C=O) groups is 1. The number of aromatic nitrogens is 2. The number of rotatable bonds is 6. The van der Waals surface area contributed by atoms with Gasteiger partial charge in [-0.05, 0) is 42.0 Å². The molecule has 2 heterocycles. The van der Waals surface area contributed by atoms with Crippen molar-refractivity contribution < 1.29 is 4.79 Å². The lowest BCUT2D eigenvalue weighted by Crippen LogP contribution is -2.22. The summed E-state index contributed by atoms with van der Waals surface area (Å²) in [4.78, 5) is 29.3. The number of carbonyl (C=O) groups excluding carboxylic acids is 1. The van der Waals surface area contributed by atoms with Gasteiger partial charge in [0.15, 0.2) is 5.16 Å². The van der Waals surface area contributed by atoms with Gasteiger partial charge in [-0.3, -0.25) is 14.2 Å². The molecule has 0 saturated carbocycles. The summed E-state index contributed by atoms with van der Waals surface area (Å²) in [5, 5.41) is 5.33. The van der Waals surface area contributed by atoms with Gasteiger partial charge in [0.25, 0.3) is 5.56 Å². The van der Waals surface area contributed by atoms with E-state index in [1.807, 2.05) is 42.6 Å². The Balaban J connectivity index is 1.69. The Morgan fingerprint density at radius 1 is 1.27 bits per heavy atom. The second kappa shape index (κ2) is 8.05. The number of amides is 1. The van der Waals surface area contributed by atoms with Crippen LogP contribution >= 0.6 is 23.1 Å². The van der Waals surface area contributed by atoms with Gasteiger partial charge < -0.3 is 5.32 Å². The quantitative estimate of drug-likeness (QED) is 0.505. The van der Waals surface area contributed by atoms with Gasteiger partial charge in [0.05, 0.1) is 11.3 Å². The van der Waals surface area contributed by atoms with Crippen LogP contribution in [0.1, 0.15) is 32.3 Å².